The Labute approximate surface area is 93.2 Å². The Kier molecular flexibility index (Phi) is 2.68. The van der Waals surface area contributed by atoms with E-state index in [2.05, 4.69) is 6.58 Å². The van der Waals surface area contributed by atoms with Crippen molar-refractivity contribution in [3.05, 3.63) is 64.7 Å². The lowest BCUT2D eigenvalue weighted by Gasteiger charge is -2.04. The second kappa shape index (κ2) is 4.14. The minimum Gasteiger partial charge on any atom is -0.258 e. The van der Waals surface area contributed by atoms with Crippen LogP contribution in [0.1, 0.15) is 5.56 Å². The van der Waals surface area contributed by atoms with Crippen LogP contribution in [0.5, 0.6) is 0 Å². The molecule has 0 spiro atoms. The summed E-state index contributed by atoms with van der Waals surface area (Å²) >= 11 is 0. The summed E-state index contributed by atoms with van der Waals surface area (Å²) in [6, 6.07) is 11.0. The molecule has 2 aromatic rings. The smallest absolute Gasteiger partial charge is 0.258 e. The molecule has 0 aromatic heterocycles. The van der Waals surface area contributed by atoms with Crippen molar-refractivity contribution in [3.8, 4) is 0 Å². The van der Waals surface area contributed by atoms with Crippen LogP contribution in [0.2, 0.25) is 0 Å². The van der Waals surface area contributed by atoms with Crippen LogP contribution in [0, 0.1) is 10.1 Å². The van der Waals surface area contributed by atoms with Crippen molar-refractivity contribution in [1.82, 2.24) is 0 Å². The third-order valence-electron chi connectivity index (χ3n) is 2.53. The highest BCUT2D eigenvalue weighted by atomic mass is 16.6. The zero-order chi connectivity index (χ0) is 11.5. The van der Waals surface area contributed by atoms with E-state index in [0.717, 1.165) is 5.39 Å². The molecule has 0 aliphatic heterocycles. The minimum absolute atomic E-state index is 0.193. The molecule has 0 N–H and O–H groups in total. The number of nitro benzene ring substituents is 1. The predicted molar refractivity (Wildman–Crippen MR) is 64.5 cm³/mol. The minimum atomic E-state index is -0.318. The quantitative estimate of drug-likeness (QED) is 0.445. The van der Waals surface area contributed by atoms with Crippen molar-refractivity contribution in [3.63, 3.8) is 0 Å². The zero-order valence-corrected chi connectivity index (χ0v) is 8.72. The number of nitrogens with zero attached hydrogens (tertiary/aromatic N) is 1. The third-order valence-corrected chi connectivity index (χ3v) is 2.53. The van der Waals surface area contributed by atoms with E-state index < -0.39 is 0 Å². The van der Waals surface area contributed by atoms with Crippen LogP contribution in [-0.4, -0.2) is 4.92 Å². The monoisotopic (exact) mass is 213 g/mol. The second-order valence-electron chi connectivity index (χ2n) is 3.54. The fourth-order valence-electron chi connectivity index (χ4n) is 1.84. The maximum absolute atomic E-state index is 11.1. The van der Waals surface area contributed by atoms with Gasteiger partial charge in [0.2, 0.25) is 0 Å². The van der Waals surface area contributed by atoms with E-state index >= 15 is 0 Å². The molecule has 0 heterocycles. The third kappa shape index (κ3) is 1.67. The summed E-state index contributed by atoms with van der Waals surface area (Å²) in [5, 5.41) is 12.7. The van der Waals surface area contributed by atoms with Crippen molar-refractivity contribution in [2.45, 2.75) is 6.42 Å². The van der Waals surface area contributed by atoms with E-state index in [-0.39, 0.29) is 10.6 Å². The molecular weight excluding hydrogens is 202 g/mol. The molecule has 0 atom stereocenters. The van der Waals surface area contributed by atoms with Crippen molar-refractivity contribution in [2.75, 3.05) is 0 Å². The van der Waals surface area contributed by atoms with Gasteiger partial charge in [-0.15, -0.1) is 6.58 Å². The average molecular weight is 213 g/mol. The summed E-state index contributed by atoms with van der Waals surface area (Å²) < 4.78 is 0. The number of benzene rings is 2. The van der Waals surface area contributed by atoms with Crippen molar-refractivity contribution in [1.29, 1.82) is 0 Å². The first-order valence-corrected chi connectivity index (χ1v) is 5.00. The number of allylic oxidation sites excluding steroid dienone is 1. The van der Waals surface area contributed by atoms with Gasteiger partial charge in [-0.05, 0) is 17.9 Å². The SMILES string of the molecule is C=CCc1ccc2ccccc2c1[N+](=O)[O-]. The molecule has 0 radical (unpaired) electrons. The van der Waals surface area contributed by atoms with Gasteiger partial charge in [-0.2, -0.15) is 0 Å². The summed E-state index contributed by atoms with van der Waals surface area (Å²) in [6.45, 7) is 3.61. The van der Waals surface area contributed by atoms with Gasteiger partial charge in [0.15, 0.2) is 0 Å². The summed E-state index contributed by atoms with van der Waals surface area (Å²) in [5.41, 5.74) is 0.900. The fourth-order valence-corrected chi connectivity index (χ4v) is 1.84. The highest BCUT2D eigenvalue weighted by molar-refractivity contribution is 5.92. The van der Waals surface area contributed by atoms with Crippen molar-refractivity contribution in [2.24, 2.45) is 0 Å². The largest absolute Gasteiger partial charge is 0.280 e. The number of nitro groups is 1. The summed E-state index contributed by atoms with van der Waals surface area (Å²) in [4.78, 5) is 10.8. The molecule has 0 saturated heterocycles. The van der Waals surface area contributed by atoms with Crippen LogP contribution in [0.4, 0.5) is 5.69 Å². The lowest BCUT2D eigenvalue weighted by Crippen LogP contribution is -1.95. The first-order chi connectivity index (χ1) is 7.74. The van der Waals surface area contributed by atoms with Crippen LogP contribution < -0.4 is 0 Å². The van der Waals surface area contributed by atoms with Gasteiger partial charge in [-0.25, -0.2) is 0 Å². The molecule has 0 fully saturated rings. The van der Waals surface area contributed by atoms with Crippen molar-refractivity contribution < 1.29 is 4.92 Å². The van der Waals surface area contributed by atoms with E-state index in [1.165, 1.54) is 0 Å². The van der Waals surface area contributed by atoms with Gasteiger partial charge in [0.25, 0.3) is 5.69 Å². The molecule has 0 saturated carbocycles. The van der Waals surface area contributed by atoms with Crippen LogP contribution in [-0.2, 0) is 6.42 Å². The van der Waals surface area contributed by atoms with Gasteiger partial charge < -0.3 is 0 Å². The number of fused-ring (bicyclic) bond motifs is 1. The number of hydrogen-bond acceptors (Lipinski definition) is 2. The highest BCUT2D eigenvalue weighted by Gasteiger charge is 2.16. The molecule has 0 aliphatic rings. The van der Waals surface area contributed by atoms with Gasteiger partial charge in [-0.1, -0.05) is 36.4 Å². The van der Waals surface area contributed by atoms with Crippen molar-refractivity contribution >= 4 is 16.5 Å². The molecule has 0 aliphatic carbocycles. The predicted octanol–water partition coefficient (Wildman–Crippen LogP) is 3.48. The van der Waals surface area contributed by atoms with Crippen LogP contribution in [0.3, 0.4) is 0 Å². The van der Waals surface area contributed by atoms with Gasteiger partial charge in [0, 0.05) is 5.56 Å². The first-order valence-electron chi connectivity index (χ1n) is 5.00. The van der Waals surface area contributed by atoms with Gasteiger partial charge in [0.1, 0.15) is 0 Å². The second-order valence-corrected chi connectivity index (χ2v) is 3.54. The Hall–Kier alpha value is -2.16. The highest BCUT2D eigenvalue weighted by Crippen LogP contribution is 2.29. The van der Waals surface area contributed by atoms with E-state index in [1.54, 1.807) is 18.2 Å². The number of rotatable bonds is 3. The Morgan fingerprint density at radius 2 is 2.00 bits per heavy atom. The molecule has 16 heavy (non-hydrogen) atoms. The molecule has 2 rings (SSSR count). The maximum atomic E-state index is 11.1. The van der Waals surface area contributed by atoms with Crippen LogP contribution in [0.15, 0.2) is 49.1 Å². The van der Waals surface area contributed by atoms with Gasteiger partial charge in [0.05, 0.1) is 10.3 Å². The zero-order valence-electron chi connectivity index (χ0n) is 8.72. The Morgan fingerprint density at radius 1 is 1.25 bits per heavy atom. The lowest BCUT2D eigenvalue weighted by molar-refractivity contribution is -0.383. The molecule has 3 nitrogen and oxygen atoms in total. The standard InChI is InChI=1S/C13H11NO2/c1-2-5-11-9-8-10-6-3-4-7-12(10)13(11)14(15)16/h2-4,6-9H,1,5H2. The number of hydrogen-bond donors (Lipinski definition) is 0. The molecular formula is C13H11NO2. The molecule has 0 bridgehead atoms. The Morgan fingerprint density at radius 3 is 2.69 bits per heavy atom. The average Bonchev–Trinajstić information content (AvgIpc) is 2.28. The normalized spacial score (nSPS) is 10.2. The maximum Gasteiger partial charge on any atom is 0.280 e. The van der Waals surface area contributed by atoms with Crippen LogP contribution in [0.25, 0.3) is 10.8 Å². The Bertz CT molecular complexity index is 561. The molecule has 80 valence electrons. The van der Waals surface area contributed by atoms with E-state index in [0.29, 0.717) is 17.4 Å². The topological polar surface area (TPSA) is 43.1 Å². The fraction of sp³-hybridized carbons (Fsp3) is 0.0769. The molecule has 3 heteroatoms. The summed E-state index contributed by atoms with van der Waals surface area (Å²) in [7, 11) is 0. The summed E-state index contributed by atoms with van der Waals surface area (Å²) in [6.07, 6.45) is 2.19. The van der Waals surface area contributed by atoms with E-state index in [1.807, 2.05) is 24.3 Å². The van der Waals surface area contributed by atoms with Crippen LogP contribution >= 0.6 is 0 Å². The summed E-state index contributed by atoms with van der Waals surface area (Å²) in [5.74, 6) is 0. The molecule has 0 unspecified atom stereocenters. The lowest BCUT2D eigenvalue weighted by atomic mass is 10.0. The first kappa shape index (κ1) is 10.4. The Balaban J connectivity index is 2.78. The molecule has 2 aromatic carbocycles. The van der Waals surface area contributed by atoms with Gasteiger partial charge in [-0.3, -0.25) is 10.1 Å². The molecule has 0 amide bonds. The van der Waals surface area contributed by atoms with Gasteiger partial charge >= 0.3 is 0 Å². The van der Waals surface area contributed by atoms with E-state index in [9.17, 15) is 10.1 Å². The van der Waals surface area contributed by atoms with E-state index in [4.69, 9.17) is 0 Å².